The number of nitrogens with zero attached hydrogens (tertiary/aromatic N) is 2. The van der Waals surface area contributed by atoms with E-state index in [0.29, 0.717) is 12.2 Å². The molecule has 4 atom stereocenters. The molecule has 2 fully saturated rings. The zero-order chi connectivity index (χ0) is 22.8. The Kier molecular flexibility index (Phi) is 3.63. The zero-order valence-corrected chi connectivity index (χ0v) is 19.5. The summed E-state index contributed by atoms with van der Waals surface area (Å²) < 4.78 is 6.63. The van der Waals surface area contributed by atoms with Crippen molar-refractivity contribution in [3.8, 4) is 11.5 Å². The summed E-state index contributed by atoms with van der Waals surface area (Å²) in [7, 11) is 0. The van der Waals surface area contributed by atoms with Gasteiger partial charge in [0.1, 0.15) is 0 Å². The molecule has 2 bridgehead atoms. The number of aliphatic hydroxyl groups is 1. The van der Waals surface area contributed by atoms with E-state index in [4.69, 9.17) is 17.0 Å². The van der Waals surface area contributed by atoms with Gasteiger partial charge in [0.25, 0.3) is 0 Å². The average molecular weight is 472 g/mol. The summed E-state index contributed by atoms with van der Waals surface area (Å²) in [6.07, 6.45) is 4.34. The van der Waals surface area contributed by atoms with Crippen molar-refractivity contribution in [2.45, 2.75) is 55.3 Å². The Bertz CT molecular complexity index is 1460. The van der Waals surface area contributed by atoms with Crippen molar-refractivity contribution in [3.05, 3.63) is 52.7 Å². The fourth-order valence-corrected chi connectivity index (χ4v) is 7.87. The number of aromatic nitrogens is 1. The Morgan fingerprint density at radius 1 is 1.26 bits per heavy atom. The number of thiocarbonyl (C=S) groups is 1. The molecule has 34 heavy (non-hydrogen) atoms. The van der Waals surface area contributed by atoms with E-state index in [0.717, 1.165) is 65.3 Å². The molecule has 1 aromatic heterocycles. The molecular weight excluding hydrogens is 446 g/mol. The SMILES string of the molecule is Oc1ccc2c3c1O[C@H]1c4[nH]c5c(N=C=S)cccc5c4C[C@@]4(O)[C@H](C2)N(CC2CC2)CC[C@]314. The van der Waals surface area contributed by atoms with E-state index in [9.17, 15) is 10.2 Å². The predicted molar refractivity (Wildman–Crippen MR) is 131 cm³/mol. The zero-order valence-electron chi connectivity index (χ0n) is 18.7. The number of hydrogen-bond acceptors (Lipinski definition) is 6. The highest BCUT2D eigenvalue weighted by atomic mass is 32.1. The topological polar surface area (TPSA) is 81.1 Å². The summed E-state index contributed by atoms with van der Waals surface area (Å²) in [6, 6.07) is 9.81. The molecule has 0 unspecified atom stereocenters. The summed E-state index contributed by atoms with van der Waals surface area (Å²) >= 11 is 4.89. The van der Waals surface area contributed by atoms with E-state index in [-0.39, 0.29) is 17.9 Å². The van der Waals surface area contributed by atoms with Crippen LogP contribution in [-0.4, -0.2) is 50.0 Å². The highest BCUT2D eigenvalue weighted by Crippen LogP contribution is 2.69. The first kappa shape index (κ1) is 19.6. The Morgan fingerprint density at radius 2 is 2.15 bits per heavy atom. The van der Waals surface area contributed by atoms with Gasteiger partial charge in [-0.3, -0.25) is 4.90 Å². The molecule has 1 saturated carbocycles. The molecule has 3 heterocycles. The van der Waals surface area contributed by atoms with Gasteiger partial charge in [-0.25, -0.2) is 0 Å². The van der Waals surface area contributed by atoms with E-state index < -0.39 is 11.0 Å². The maximum Gasteiger partial charge on any atom is 0.166 e. The number of ether oxygens (including phenoxy) is 1. The second-order valence-electron chi connectivity index (χ2n) is 10.8. The van der Waals surface area contributed by atoms with Gasteiger partial charge < -0.3 is 19.9 Å². The lowest BCUT2D eigenvalue weighted by Gasteiger charge is -2.62. The number of para-hydroxylation sites is 1. The maximum absolute atomic E-state index is 12.8. The largest absolute Gasteiger partial charge is 0.504 e. The van der Waals surface area contributed by atoms with E-state index >= 15 is 0 Å². The Labute approximate surface area is 202 Å². The van der Waals surface area contributed by atoms with Crippen LogP contribution in [0.3, 0.4) is 0 Å². The van der Waals surface area contributed by atoms with Crippen LogP contribution in [0, 0.1) is 5.92 Å². The molecular formula is C27H25N3O3S. The highest BCUT2D eigenvalue weighted by Gasteiger charge is 2.72. The fraction of sp³-hybridized carbons (Fsp3) is 0.444. The molecule has 1 saturated heterocycles. The number of phenolic OH excluding ortho intramolecular Hbond substituents is 1. The maximum atomic E-state index is 12.8. The minimum Gasteiger partial charge on any atom is -0.504 e. The van der Waals surface area contributed by atoms with Gasteiger partial charge in [-0.2, -0.15) is 4.99 Å². The van der Waals surface area contributed by atoms with Gasteiger partial charge in [-0.15, -0.1) is 0 Å². The first-order chi connectivity index (χ1) is 16.5. The number of fused-ring (bicyclic) bond motifs is 4. The standard InChI is InChI=1S/C27H25N3O3S/c31-19-7-6-15-10-20-27(32)11-17-16-2-1-3-18(28-13-34)22(16)29-23(17)25-26(27,21(15)24(19)33-25)8-9-30(20)12-14-4-5-14/h1-3,6-7,14,20,25,29,31-32H,4-5,8-12H2/t20-,25-,26-,27+/m0/s1. The number of phenols is 1. The van der Waals surface area contributed by atoms with Crippen LogP contribution in [0.15, 0.2) is 35.3 Å². The van der Waals surface area contributed by atoms with Crippen molar-refractivity contribution in [3.63, 3.8) is 0 Å². The summed E-state index contributed by atoms with van der Waals surface area (Å²) in [5.41, 5.74) is 4.39. The minimum absolute atomic E-state index is 0.0243. The van der Waals surface area contributed by atoms with Crippen molar-refractivity contribution in [2.75, 3.05) is 13.1 Å². The second kappa shape index (κ2) is 6.29. The number of aliphatic imine (C=N–C) groups is 1. The number of aromatic hydroxyl groups is 1. The van der Waals surface area contributed by atoms with E-state index in [1.165, 1.54) is 18.4 Å². The molecule has 0 radical (unpaired) electrons. The molecule has 172 valence electrons. The number of likely N-dealkylation sites (tertiary alicyclic amines) is 1. The number of rotatable bonds is 3. The van der Waals surface area contributed by atoms with E-state index in [2.05, 4.69) is 26.1 Å². The normalized spacial score (nSPS) is 32.6. The van der Waals surface area contributed by atoms with Crippen LogP contribution in [0.2, 0.25) is 0 Å². The first-order valence-corrected chi connectivity index (χ1v) is 12.7. The molecule has 6 nitrogen and oxygen atoms in total. The summed E-state index contributed by atoms with van der Waals surface area (Å²) in [5, 5.41) is 27.2. The monoisotopic (exact) mass is 471 g/mol. The van der Waals surface area contributed by atoms with Crippen molar-refractivity contribution in [1.29, 1.82) is 0 Å². The average Bonchev–Trinajstić information content (AvgIpc) is 3.46. The quantitative estimate of drug-likeness (QED) is 0.392. The third-order valence-electron chi connectivity index (χ3n) is 9.34. The van der Waals surface area contributed by atoms with Crippen LogP contribution in [-0.2, 0) is 18.3 Å². The number of piperidine rings is 1. The van der Waals surface area contributed by atoms with Crippen LogP contribution in [0.1, 0.15) is 47.8 Å². The fourth-order valence-electron chi connectivity index (χ4n) is 7.77. The summed E-state index contributed by atoms with van der Waals surface area (Å²) in [4.78, 5) is 10.5. The highest BCUT2D eigenvalue weighted by molar-refractivity contribution is 7.78. The third-order valence-corrected chi connectivity index (χ3v) is 9.43. The lowest BCUT2D eigenvalue weighted by Crippen LogP contribution is -2.74. The lowest BCUT2D eigenvalue weighted by atomic mass is 9.49. The van der Waals surface area contributed by atoms with Gasteiger partial charge in [-0.05, 0) is 73.6 Å². The molecule has 2 aliphatic heterocycles. The van der Waals surface area contributed by atoms with Crippen LogP contribution in [0.4, 0.5) is 5.69 Å². The van der Waals surface area contributed by atoms with Crippen molar-refractivity contribution < 1.29 is 14.9 Å². The molecule has 3 N–H and O–H groups in total. The number of H-pyrrole nitrogens is 1. The molecule has 3 aliphatic carbocycles. The minimum atomic E-state index is -0.984. The van der Waals surface area contributed by atoms with Gasteiger partial charge >= 0.3 is 0 Å². The molecule has 7 heteroatoms. The number of aromatic amines is 1. The Morgan fingerprint density at radius 3 is 2.97 bits per heavy atom. The van der Waals surface area contributed by atoms with Gasteiger partial charge in [0, 0.05) is 30.0 Å². The summed E-state index contributed by atoms with van der Waals surface area (Å²) in [5.74, 6) is 1.47. The van der Waals surface area contributed by atoms with Gasteiger partial charge in [0.2, 0.25) is 0 Å². The van der Waals surface area contributed by atoms with Gasteiger partial charge in [0.15, 0.2) is 17.6 Å². The van der Waals surface area contributed by atoms with E-state index in [1.54, 1.807) is 6.07 Å². The Balaban J connectivity index is 1.42. The van der Waals surface area contributed by atoms with Gasteiger partial charge in [-0.1, -0.05) is 18.2 Å². The molecule has 3 aromatic rings. The second-order valence-corrected chi connectivity index (χ2v) is 11.0. The molecule has 0 amide bonds. The lowest BCUT2D eigenvalue weighted by molar-refractivity contribution is -0.173. The first-order valence-electron chi connectivity index (χ1n) is 12.2. The number of benzene rings is 2. The van der Waals surface area contributed by atoms with Crippen LogP contribution >= 0.6 is 12.2 Å². The van der Waals surface area contributed by atoms with Crippen LogP contribution < -0.4 is 4.74 Å². The Hall–Kier alpha value is -2.70. The molecule has 8 rings (SSSR count). The van der Waals surface area contributed by atoms with Crippen molar-refractivity contribution >= 4 is 34.0 Å². The third kappa shape index (κ3) is 2.16. The molecule has 5 aliphatic rings. The number of isothiocyanates is 1. The van der Waals surface area contributed by atoms with Crippen LogP contribution in [0.5, 0.6) is 11.5 Å². The van der Waals surface area contributed by atoms with Crippen molar-refractivity contribution in [1.82, 2.24) is 9.88 Å². The van der Waals surface area contributed by atoms with Crippen molar-refractivity contribution in [2.24, 2.45) is 10.9 Å². The smallest absolute Gasteiger partial charge is 0.166 e. The predicted octanol–water partition coefficient (Wildman–Crippen LogP) is 4.31. The van der Waals surface area contributed by atoms with Gasteiger partial charge in [0.05, 0.1) is 33.1 Å². The van der Waals surface area contributed by atoms with E-state index in [1.807, 2.05) is 18.2 Å². The molecule has 1 spiro atoms. The van der Waals surface area contributed by atoms with Crippen LogP contribution in [0.25, 0.3) is 10.9 Å². The number of hydrogen-bond donors (Lipinski definition) is 3. The summed E-state index contributed by atoms with van der Waals surface area (Å²) in [6.45, 7) is 2.00. The number of nitrogens with one attached hydrogen (secondary N) is 1. The molecule has 2 aromatic carbocycles.